The van der Waals surface area contributed by atoms with Crippen LogP contribution in [0.25, 0.3) is 11.1 Å². The maximum absolute atomic E-state index is 14.0. The molecule has 0 saturated heterocycles. The number of alkyl halides is 2. The minimum Gasteiger partial charge on any atom is -0.462 e. The number of carbonyl (C=O) groups is 1. The molecule has 1 atom stereocenters. The molecule has 23 heavy (non-hydrogen) atoms. The van der Waals surface area contributed by atoms with Gasteiger partial charge in [-0.1, -0.05) is 48.5 Å². The van der Waals surface area contributed by atoms with Gasteiger partial charge in [0.05, 0.1) is 6.61 Å². The van der Waals surface area contributed by atoms with Crippen molar-refractivity contribution in [3.05, 3.63) is 60.2 Å². The molecule has 0 unspecified atom stereocenters. The first-order chi connectivity index (χ1) is 10.5. The van der Waals surface area contributed by atoms with Crippen molar-refractivity contribution in [2.75, 3.05) is 6.61 Å². The number of carbonyl (C=O) groups excluding carboxylic acids is 1. The number of ether oxygens (including phenoxy) is 1. The molecular weight excluding hydrogens is 324 g/mol. The Morgan fingerprint density at radius 2 is 1.74 bits per heavy atom. The number of hydrogen-bond acceptors (Lipinski definition) is 3. The van der Waals surface area contributed by atoms with Gasteiger partial charge in [-0.3, -0.25) is 0 Å². The van der Waals surface area contributed by atoms with E-state index < -0.39 is 17.9 Å². The normalized spacial score (nSPS) is 12.2. The Bertz CT molecular complexity index is 650. The zero-order valence-corrected chi connectivity index (χ0v) is 13.4. The minimum atomic E-state index is -3.77. The van der Waals surface area contributed by atoms with E-state index in [9.17, 15) is 13.6 Å². The van der Waals surface area contributed by atoms with Gasteiger partial charge in [-0.2, -0.15) is 8.78 Å². The quantitative estimate of drug-likeness (QED) is 0.837. The van der Waals surface area contributed by atoms with E-state index in [1.54, 1.807) is 18.2 Å². The smallest absolute Gasteiger partial charge is 0.379 e. The summed E-state index contributed by atoms with van der Waals surface area (Å²) in [6, 6.07) is 14.0. The summed E-state index contributed by atoms with van der Waals surface area (Å²) in [5, 5.41) is 0. The van der Waals surface area contributed by atoms with Crippen molar-refractivity contribution < 1.29 is 18.3 Å². The molecule has 3 nitrogen and oxygen atoms in total. The fourth-order valence-corrected chi connectivity index (χ4v) is 2.11. The summed E-state index contributed by atoms with van der Waals surface area (Å²) in [5.74, 6) is -5.38. The van der Waals surface area contributed by atoms with E-state index in [1.165, 1.54) is 13.0 Å². The van der Waals surface area contributed by atoms with Crippen molar-refractivity contribution in [2.45, 2.75) is 18.9 Å². The molecule has 0 radical (unpaired) electrons. The van der Waals surface area contributed by atoms with Gasteiger partial charge < -0.3 is 10.5 Å². The van der Waals surface area contributed by atoms with E-state index in [0.717, 1.165) is 11.1 Å². The number of nitrogens with two attached hydrogens (primary N) is 1. The van der Waals surface area contributed by atoms with Crippen molar-refractivity contribution in [1.82, 2.24) is 0 Å². The third-order valence-electron chi connectivity index (χ3n) is 3.29. The standard InChI is InChI=1S/C17H17F2NO2.ClH/c1-2-22-16(21)17(18,19)15(20)14-10-6-9-13(11-14)12-7-4-3-5-8-12;/h3-11,15H,2,20H2,1H3;1H/t15-;/m1./s1. The number of rotatable bonds is 5. The van der Waals surface area contributed by atoms with E-state index in [1.807, 2.05) is 30.3 Å². The van der Waals surface area contributed by atoms with Crippen LogP contribution in [-0.2, 0) is 9.53 Å². The van der Waals surface area contributed by atoms with Crippen LogP contribution >= 0.6 is 12.4 Å². The molecule has 0 aromatic heterocycles. The van der Waals surface area contributed by atoms with Crippen molar-refractivity contribution in [1.29, 1.82) is 0 Å². The van der Waals surface area contributed by atoms with E-state index >= 15 is 0 Å². The van der Waals surface area contributed by atoms with Gasteiger partial charge in [-0.25, -0.2) is 4.79 Å². The van der Waals surface area contributed by atoms with E-state index in [4.69, 9.17) is 5.73 Å². The van der Waals surface area contributed by atoms with Crippen LogP contribution in [0.15, 0.2) is 54.6 Å². The first-order valence-electron chi connectivity index (χ1n) is 6.92. The Labute approximate surface area is 139 Å². The molecule has 0 saturated carbocycles. The lowest BCUT2D eigenvalue weighted by atomic mass is 9.96. The summed E-state index contributed by atoms with van der Waals surface area (Å²) >= 11 is 0. The van der Waals surface area contributed by atoms with Gasteiger partial charge in [0.25, 0.3) is 0 Å². The van der Waals surface area contributed by atoms with Crippen molar-refractivity contribution in [3.63, 3.8) is 0 Å². The zero-order chi connectivity index (χ0) is 16.2. The molecule has 2 N–H and O–H groups in total. The van der Waals surface area contributed by atoms with Gasteiger partial charge >= 0.3 is 11.9 Å². The molecular formula is C17H18ClF2NO2. The maximum atomic E-state index is 14.0. The summed E-state index contributed by atoms with van der Waals surface area (Å²) < 4.78 is 32.4. The lowest BCUT2D eigenvalue weighted by Gasteiger charge is -2.22. The third-order valence-corrected chi connectivity index (χ3v) is 3.29. The van der Waals surface area contributed by atoms with Gasteiger partial charge in [-0.15, -0.1) is 12.4 Å². The highest BCUT2D eigenvalue weighted by Crippen LogP contribution is 2.32. The molecule has 0 fully saturated rings. The molecule has 2 rings (SSSR count). The van der Waals surface area contributed by atoms with Crippen LogP contribution in [0, 0.1) is 0 Å². The van der Waals surface area contributed by atoms with Crippen LogP contribution in [0.5, 0.6) is 0 Å². The topological polar surface area (TPSA) is 52.3 Å². The van der Waals surface area contributed by atoms with Crippen LogP contribution in [0.4, 0.5) is 8.78 Å². The van der Waals surface area contributed by atoms with Crippen LogP contribution in [-0.4, -0.2) is 18.5 Å². The molecule has 0 amide bonds. The largest absolute Gasteiger partial charge is 0.462 e. The number of esters is 1. The molecule has 6 heteroatoms. The Morgan fingerprint density at radius 3 is 2.35 bits per heavy atom. The summed E-state index contributed by atoms with van der Waals surface area (Å²) in [5.41, 5.74) is 7.42. The highest BCUT2D eigenvalue weighted by atomic mass is 35.5. The molecule has 0 heterocycles. The summed E-state index contributed by atoms with van der Waals surface area (Å²) in [6.07, 6.45) is 0. The first-order valence-corrected chi connectivity index (χ1v) is 6.92. The van der Waals surface area contributed by atoms with E-state index in [-0.39, 0.29) is 24.6 Å². The predicted molar refractivity (Wildman–Crippen MR) is 87.6 cm³/mol. The minimum absolute atomic E-state index is 0. The fraction of sp³-hybridized carbons (Fsp3) is 0.235. The number of halogens is 3. The molecule has 0 spiro atoms. The van der Waals surface area contributed by atoms with Gasteiger partial charge in [0.1, 0.15) is 6.04 Å². The molecule has 0 aliphatic heterocycles. The summed E-state index contributed by atoms with van der Waals surface area (Å²) in [7, 11) is 0. The van der Waals surface area contributed by atoms with Gasteiger partial charge in [-0.05, 0) is 29.7 Å². The van der Waals surface area contributed by atoms with Crippen molar-refractivity contribution in [3.8, 4) is 11.1 Å². The lowest BCUT2D eigenvalue weighted by molar-refractivity contribution is -0.174. The molecule has 2 aromatic carbocycles. The van der Waals surface area contributed by atoms with Gasteiger partial charge in [0.15, 0.2) is 0 Å². The molecule has 0 bridgehead atoms. The number of hydrogen-bond donors (Lipinski definition) is 1. The van der Waals surface area contributed by atoms with Gasteiger partial charge in [0.2, 0.25) is 0 Å². The average Bonchev–Trinajstić information content (AvgIpc) is 2.55. The van der Waals surface area contributed by atoms with E-state index in [2.05, 4.69) is 4.74 Å². The second-order valence-corrected chi connectivity index (χ2v) is 4.81. The van der Waals surface area contributed by atoms with Crippen molar-refractivity contribution in [2.24, 2.45) is 5.73 Å². The highest BCUT2D eigenvalue weighted by molar-refractivity contribution is 5.85. The average molecular weight is 342 g/mol. The highest BCUT2D eigenvalue weighted by Gasteiger charge is 2.47. The van der Waals surface area contributed by atoms with Crippen LogP contribution in [0.3, 0.4) is 0 Å². The van der Waals surface area contributed by atoms with E-state index in [0.29, 0.717) is 0 Å². The Morgan fingerprint density at radius 1 is 1.13 bits per heavy atom. The third kappa shape index (κ3) is 4.27. The predicted octanol–water partition coefficient (Wildman–Crippen LogP) is 3.97. The summed E-state index contributed by atoms with van der Waals surface area (Å²) in [4.78, 5) is 11.4. The monoisotopic (exact) mass is 341 g/mol. The second-order valence-electron chi connectivity index (χ2n) is 4.81. The van der Waals surface area contributed by atoms with Crippen LogP contribution in [0.2, 0.25) is 0 Å². The number of benzene rings is 2. The van der Waals surface area contributed by atoms with Crippen molar-refractivity contribution >= 4 is 18.4 Å². The van der Waals surface area contributed by atoms with Crippen LogP contribution < -0.4 is 5.73 Å². The second kappa shape index (κ2) is 8.04. The molecule has 0 aliphatic rings. The Kier molecular flexibility index (Phi) is 6.66. The van der Waals surface area contributed by atoms with Gasteiger partial charge in [0, 0.05) is 0 Å². The Balaban J connectivity index is 0.00000264. The summed E-state index contributed by atoms with van der Waals surface area (Å²) in [6.45, 7) is 1.35. The maximum Gasteiger partial charge on any atom is 0.379 e. The molecule has 0 aliphatic carbocycles. The molecule has 124 valence electrons. The SMILES string of the molecule is CCOC(=O)C(F)(F)[C@H](N)c1cccc(-c2ccccc2)c1.Cl. The zero-order valence-electron chi connectivity index (χ0n) is 12.5. The lowest BCUT2D eigenvalue weighted by Crippen LogP contribution is -2.41. The first kappa shape index (κ1) is 19.1. The molecule has 2 aromatic rings. The Hall–Kier alpha value is -1.98. The fourth-order valence-electron chi connectivity index (χ4n) is 2.11. The van der Waals surface area contributed by atoms with Crippen LogP contribution in [0.1, 0.15) is 18.5 Å².